The van der Waals surface area contributed by atoms with Crippen LogP contribution >= 0.6 is 0 Å². The highest BCUT2D eigenvalue weighted by Gasteiger charge is 2.35. The molecule has 0 saturated carbocycles. The summed E-state index contributed by atoms with van der Waals surface area (Å²) in [5.74, 6) is -0.440. The van der Waals surface area contributed by atoms with Crippen LogP contribution in [0.2, 0.25) is 0 Å². The monoisotopic (exact) mass is 367 g/mol. The fourth-order valence-corrected chi connectivity index (χ4v) is 3.47. The van der Waals surface area contributed by atoms with Crippen LogP contribution in [0, 0.1) is 0 Å². The van der Waals surface area contributed by atoms with E-state index in [0.29, 0.717) is 18.7 Å². The number of carbonyl (C=O) groups excluding carboxylic acids is 2. The lowest BCUT2D eigenvalue weighted by Crippen LogP contribution is -2.38. The highest BCUT2D eigenvalue weighted by Crippen LogP contribution is 2.23. The molecular formula is C21H25N3O3. The van der Waals surface area contributed by atoms with Crippen LogP contribution < -0.4 is 5.73 Å². The number of primary amides is 1. The predicted molar refractivity (Wildman–Crippen MR) is 104 cm³/mol. The minimum atomic E-state index is -0.537. The number of β-amino-alcohol motifs (C(OH)–C–C–N with tert-alkyl or cyclic N) is 1. The first-order valence-corrected chi connectivity index (χ1v) is 8.96. The summed E-state index contributed by atoms with van der Waals surface area (Å²) in [6.45, 7) is 0.854. The Morgan fingerprint density at radius 2 is 1.81 bits per heavy atom. The smallest absolute Gasteiger partial charge is 0.254 e. The summed E-state index contributed by atoms with van der Waals surface area (Å²) in [5, 5.41) is 10.2. The van der Waals surface area contributed by atoms with Crippen molar-refractivity contribution in [1.82, 2.24) is 9.80 Å². The van der Waals surface area contributed by atoms with E-state index in [0.717, 1.165) is 16.7 Å². The van der Waals surface area contributed by atoms with Gasteiger partial charge in [-0.1, -0.05) is 36.4 Å². The Morgan fingerprint density at radius 3 is 2.41 bits per heavy atom. The van der Waals surface area contributed by atoms with Gasteiger partial charge in [-0.05, 0) is 42.9 Å². The largest absolute Gasteiger partial charge is 0.390 e. The van der Waals surface area contributed by atoms with Crippen LogP contribution in [-0.4, -0.2) is 66.1 Å². The minimum Gasteiger partial charge on any atom is -0.390 e. The van der Waals surface area contributed by atoms with Crippen LogP contribution in [0.3, 0.4) is 0 Å². The van der Waals surface area contributed by atoms with Gasteiger partial charge in [0.1, 0.15) is 0 Å². The predicted octanol–water partition coefficient (Wildman–Crippen LogP) is 1.13. The molecule has 142 valence electrons. The van der Waals surface area contributed by atoms with E-state index in [9.17, 15) is 14.7 Å². The number of hydrogen-bond donors (Lipinski definition) is 2. The summed E-state index contributed by atoms with van der Waals surface area (Å²) in [7, 11) is 3.81. The van der Waals surface area contributed by atoms with Crippen LogP contribution in [0.4, 0.5) is 0 Å². The van der Waals surface area contributed by atoms with Gasteiger partial charge >= 0.3 is 0 Å². The Labute approximate surface area is 159 Å². The molecule has 2 aromatic carbocycles. The highest BCUT2D eigenvalue weighted by atomic mass is 16.3. The van der Waals surface area contributed by atoms with E-state index in [-0.39, 0.29) is 24.3 Å². The second kappa shape index (κ2) is 7.90. The molecule has 6 nitrogen and oxygen atoms in total. The lowest BCUT2D eigenvalue weighted by atomic mass is 10.0. The van der Waals surface area contributed by atoms with Gasteiger partial charge < -0.3 is 20.6 Å². The van der Waals surface area contributed by atoms with E-state index >= 15 is 0 Å². The Hall–Kier alpha value is -2.70. The van der Waals surface area contributed by atoms with E-state index in [1.807, 2.05) is 61.5 Å². The van der Waals surface area contributed by atoms with Gasteiger partial charge in [-0.15, -0.1) is 0 Å². The lowest BCUT2D eigenvalue weighted by Gasteiger charge is -2.21. The van der Waals surface area contributed by atoms with Gasteiger partial charge in [-0.2, -0.15) is 0 Å². The Bertz CT molecular complexity index is 833. The van der Waals surface area contributed by atoms with Gasteiger partial charge in [0.15, 0.2) is 0 Å². The number of amides is 2. The molecule has 1 aliphatic heterocycles. The molecule has 0 unspecified atom stereocenters. The first kappa shape index (κ1) is 19.1. The van der Waals surface area contributed by atoms with Gasteiger partial charge in [0.2, 0.25) is 5.91 Å². The van der Waals surface area contributed by atoms with E-state index in [1.165, 1.54) is 0 Å². The van der Waals surface area contributed by atoms with Crippen LogP contribution in [0.25, 0.3) is 11.1 Å². The molecule has 2 atom stereocenters. The van der Waals surface area contributed by atoms with Crippen molar-refractivity contribution in [2.75, 3.05) is 27.2 Å². The quantitative estimate of drug-likeness (QED) is 0.829. The Kier molecular flexibility index (Phi) is 5.58. The number of aliphatic hydroxyl groups excluding tert-OH is 1. The maximum atomic E-state index is 12.9. The van der Waals surface area contributed by atoms with Crippen molar-refractivity contribution in [2.24, 2.45) is 5.73 Å². The summed E-state index contributed by atoms with van der Waals surface area (Å²) in [6, 6.07) is 15.0. The Morgan fingerprint density at radius 1 is 1.11 bits per heavy atom. The fourth-order valence-electron chi connectivity index (χ4n) is 3.47. The van der Waals surface area contributed by atoms with Gasteiger partial charge in [0, 0.05) is 18.7 Å². The molecule has 1 fully saturated rings. The van der Waals surface area contributed by atoms with Crippen molar-refractivity contribution >= 4 is 11.8 Å². The third-order valence-electron chi connectivity index (χ3n) is 4.98. The second-order valence-corrected chi connectivity index (χ2v) is 7.23. The van der Waals surface area contributed by atoms with E-state index in [2.05, 4.69) is 0 Å². The second-order valence-electron chi connectivity index (χ2n) is 7.23. The molecule has 1 heterocycles. The first-order valence-electron chi connectivity index (χ1n) is 8.96. The fraction of sp³-hybridized carbons (Fsp3) is 0.333. The average molecular weight is 367 g/mol. The molecule has 0 bridgehead atoms. The number of benzene rings is 2. The van der Waals surface area contributed by atoms with Crippen molar-refractivity contribution in [2.45, 2.75) is 18.6 Å². The molecular weight excluding hydrogens is 342 g/mol. The summed E-state index contributed by atoms with van der Waals surface area (Å²) >= 11 is 0. The standard InChI is InChI=1S/C21H25N3O3/c1-23(2)18-12-24(13-19(18)25)21(27)17-5-3-4-16(11-17)15-8-6-14(7-9-15)10-20(22)26/h3-9,11,18-19,25H,10,12-13H2,1-2H3,(H2,22,26)/t18-,19-/m0/s1. The van der Waals surface area contributed by atoms with Gasteiger partial charge in [-0.3, -0.25) is 9.59 Å². The summed E-state index contributed by atoms with van der Waals surface area (Å²) in [6.07, 6.45) is -0.326. The number of nitrogens with two attached hydrogens (primary N) is 1. The molecule has 2 aromatic rings. The number of hydrogen-bond acceptors (Lipinski definition) is 4. The maximum Gasteiger partial charge on any atom is 0.254 e. The topological polar surface area (TPSA) is 86.9 Å². The lowest BCUT2D eigenvalue weighted by molar-refractivity contribution is -0.117. The SMILES string of the molecule is CN(C)[C@H]1CN(C(=O)c2cccc(-c3ccc(CC(N)=O)cc3)c2)C[C@@H]1O. The van der Waals surface area contributed by atoms with Crippen LogP contribution in [0.1, 0.15) is 15.9 Å². The maximum absolute atomic E-state index is 12.9. The molecule has 0 aliphatic carbocycles. The van der Waals surface area contributed by atoms with Gasteiger partial charge in [0.25, 0.3) is 5.91 Å². The van der Waals surface area contributed by atoms with Crippen LogP contribution in [0.5, 0.6) is 0 Å². The zero-order valence-corrected chi connectivity index (χ0v) is 15.6. The molecule has 3 N–H and O–H groups in total. The summed E-state index contributed by atoms with van der Waals surface area (Å²) in [4.78, 5) is 27.5. The molecule has 0 spiro atoms. The van der Waals surface area contributed by atoms with E-state index in [4.69, 9.17) is 5.73 Å². The zero-order valence-electron chi connectivity index (χ0n) is 15.6. The molecule has 6 heteroatoms. The van der Waals surface area contributed by atoms with Gasteiger partial charge in [-0.25, -0.2) is 0 Å². The van der Waals surface area contributed by atoms with Crippen molar-refractivity contribution < 1.29 is 14.7 Å². The normalized spacial score (nSPS) is 19.5. The van der Waals surface area contributed by atoms with Gasteiger partial charge in [0.05, 0.1) is 18.6 Å². The molecule has 1 saturated heterocycles. The molecule has 27 heavy (non-hydrogen) atoms. The number of likely N-dealkylation sites (N-methyl/N-ethyl adjacent to an activating group) is 1. The van der Waals surface area contributed by atoms with Crippen LogP contribution in [0.15, 0.2) is 48.5 Å². The molecule has 0 aromatic heterocycles. The van der Waals surface area contributed by atoms with Crippen LogP contribution in [-0.2, 0) is 11.2 Å². The molecule has 3 rings (SSSR count). The average Bonchev–Trinajstić information content (AvgIpc) is 3.03. The zero-order chi connectivity index (χ0) is 19.6. The molecule has 2 amide bonds. The van der Waals surface area contributed by atoms with Crippen molar-refractivity contribution in [3.8, 4) is 11.1 Å². The number of carbonyl (C=O) groups is 2. The number of nitrogens with zero attached hydrogens (tertiary/aromatic N) is 2. The number of rotatable bonds is 5. The molecule has 1 aliphatic rings. The molecule has 0 radical (unpaired) electrons. The highest BCUT2D eigenvalue weighted by molar-refractivity contribution is 5.95. The van der Waals surface area contributed by atoms with E-state index < -0.39 is 6.10 Å². The minimum absolute atomic E-state index is 0.0464. The third-order valence-corrected chi connectivity index (χ3v) is 4.98. The summed E-state index contributed by atoms with van der Waals surface area (Å²) < 4.78 is 0. The van der Waals surface area contributed by atoms with E-state index in [1.54, 1.807) is 11.0 Å². The number of likely N-dealkylation sites (tertiary alicyclic amines) is 1. The summed E-state index contributed by atoms with van der Waals surface area (Å²) in [5.41, 5.74) is 8.57. The number of aliphatic hydroxyl groups is 1. The third kappa shape index (κ3) is 4.35. The van der Waals surface area contributed by atoms with Crippen molar-refractivity contribution in [3.63, 3.8) is 0 Å². The Balaban J connectivity index is 1.77. The first-order chi connectivity index (χ1) is 12.8. The van der Waals surface area contributed by atoms with Crippen molar-refractivity contribution in [1.29, 1.82) is 0 Å². The van der Waals surface area contributed by atoms with Crippen molar-refractivity contribution in [3.05, 3.63) is 59.7 Å².